The van der Waals surface area contributed by atoms with Crippen LogP contribution in [0, 0.1) is 5.92 Å². The molecule has 122 valence electrons. The second kappa shape index (κ2) is 6.22. The highest BCUT2D eigenvalue weighted by atomic mass is 32.2. The normalized spacial score (nSPS) is 32.1. The van der Waals surface area contributed by atoms with Gasteiger partial charge in [0, 0.05) is 32.7 Å². The third-order valence-electron chi connectivity index (χ3n) is 4.67. The van der Waals surface area contributed by atoms with Crippen LogP contribution in [0.25, 0.3) is 0 Å². The Balaban J connectivity index is 1.94. The van der Waals surface area contributed by atoms with Crippen molar-refractivity contribution in [3.63, 3.8) is 0 Å². The Morgan fingerprint density at radius 3 is 2.38 bits per heavy atom. The van der Waals surface area contributed by atoms with E-state index in [0.29, 0.717) is 13.1 Å². The maximum atomic E-state index is 12.2. The Labute approximate surface area is 127 Å². The highest BCUT2D eigenvalue weighted by Gasteiger charge is 2.37. The third-order valence-corrected chi connectivity index (χ3v) is 6.91. The Hall–Kier alpha value is -0.660. The van der Waals surface area contributed by atoms with E-state index in [4.69, 9.17) is 0 Å². The van der Waals surface area contributed by atoms with Crippen LogP contribution in [0.15, 0.2) is 0 Å². The maximum Gasteiger partial charge on any atom is 0.239 e. The van der Waals surface area contributed by atoms with Gasteiger partial charge in [-0.25, -0.2) is 12.7 Å². The van der Waals surface area contributed by atoms with Gasteiger partial charge in [-0.15, -0.1) is 0 Å². The van der Waals surface area contributed by atoms with Gasteiger partial charge in [-0.05, 0) is 32.6 Å². The van der Waals surface area contributed by atoms with Crippen LogP contribution in [0.5, 0.6) is 0 Å². The van der Waals surface area contributed by atoms with Crippen LogP contribution in [0.3, 0.4) is 0 Å². The van der Waals surface area contributed by atoms with Crippen molar-refractivity contribution in [2.45, 2.75) is 50.9 Å². The Morgan fingerprint density at radius 2 is 1.90 bits per heavy atom. The lowest BCUT2D eigenvalue weighted by Crippen LogP contribution is -2.54. The molecule has 2 aliphatic rings. The zero-order valence-corrected chi connectivity index (χ0v) is 14.2. The molecular weight excluding hydrogens is 290 g/mol. The second-order valence-electron chi connectivity index (χ2n) is 6.59. The number of hydrogen-bond acceptors (Lipinski definition) is 4. The van der Waals surface area contributed by atoms with Crippen molar-refractivity contribution >= 4 is 15.9 Å². The molecule has 0 spiro atoms. The van der Waals surface area contributed by atoms with E-state index >= 15 is 0 Å². The van der Waals surface area contributed by atoms with Gasteiger partial charge in [-0.3, -0.25) is 4.79 Å². The van der Waals surface area contributed by atoms with Crippen LogP contribution in [-0.2, 0) is 14.8 Å². The highest BCUT2D eigenvalue weighted by Crippen LogP contribution is 2.23. The van der Waals surface area contributed by atoms with Gasteiger partial charge in [0.1, 0.15) is 0 Å². The number of amides is 1. The molecule has 0 radical (unpaired) electrons. The van der Waals surface area contributed by atoms with Gasteiger partial charge < -0.3 is 10.2 Å². The summed E-state index contributed by atoms with van der Waals surface area (Å²) in [6.07, 6.45) is 1.60. The summed E-state index contributed by atoms with van der Waals surface area (Å²) in [7, 11) is -1.35. The molecule has 1 N–H and O–H groups in total. The van der Waals surface area contributed by atoms with Crippen molar-refractivity contribution < 1.29 is 13.2 Å². The van der Waals surface area contributed by atoms with Crippen LogP contribution in [-0.4, -0.2) is 67.5 Å². The number of carbonyl (C=O) groups excluding carboxylic acids is 1. The molecule has 1 amide bonds. The van der Waals surface area contributed by atoms with Crippen molar-refractivity contribution in [3.05, 3.63) is 0 Å². The molecule has 6 nitrogen and oxygen atoms in total. The zero-order chi connectivity index (χ0) is 15.8. The van der Waals surface area contributed by atoms with E-state index in [-0.39, 0.29) is 29.2 Å². The summed E-state index contributed by atoms with van der Waals surface area (Å²) in [6, 6.07) is 0.111. The summed E-state index contributed by atoms with van der Waals surface area (Å²) in [5, 5.41) is 3.06. The molecule has 2 fully saturated rings. The van der Waals surface area contributed by atoms with E-state index < -0.39 is 10.0 Å². The number of hydrogen-bond donors (Lipinski definition) is 1. The van der Waals surface area contributed by atoms with E-state index in [0.717, 1.165) is 19.4 Å². The van der Waals surface area contributed by atoms with Crippen molar-refractivity contribution in [3.8, 4) is 0 Å². The fourth-order valence-electron chi connectivity index (χ4n) is 3.12. The number of sulfonamides is 1. The van der Waals surface area contributed by atoms with E-state index in [2.05, 4.69) is 12.2 Å². The van der Waals surface area contributed by atoms with Gasteiger partial charge in [-0.2, -0.15) is 0 Å². The average molecular weight is 317 g/mol. The number of nitrogens with zero attached hydrogens (tertiary/aromatic N) is 2. The number of carbonyl (C=O) groups is 1. The van der Waals surface area contributed by atoms with Crippen LogP contribution in [0.4, 0.5) is 0 Å². The minimum Gasteiger partial charge on any atom is -0.344 e. The topological polar surface area (TPSA) is 69.7 Å². The molecule has 0 aromatic rings. The van der Waals surface area contributed by atoms with Crippen molar-refractivity contribution in [1.82, 2.24) is 14.5 Å². The molecule has 0 aromatic heterocycles. The lowest BCUT2D eigenvalue weighted by atomic mass is 9.94. The Kier molecular flexibility index (Phi) is 4.95. The molecule has 3 unspecified atom stereocenters. The summed E-state index contributed by atoms with van der Waals surface area (Å²) in [6.45, 7) is 7.37. The number of likely N-dealkylation sites (N-methyl/N-ethyl adjacent to an activating group) is 1. The number of rotatable bonds is 4. The van der Waals surface area contributed by atoms with Crippen molar-refractivity contribution in [1.29, 1.82) is 0 Å². The lowest BCUT2D eigenvalue weighted by molar-refractivity contribution is -0.128. The molecule has 2 rings (SSSR count). The predicted octanol–water partition coefficient (Wildman–Crippen LogP) is 0.255. The first-order chi connectivity index (χ1) is 9.73. The summed E-state index contributed by atoms with van der Waals surface area (Å²) in [5.74, 6) is 0.366. The molecule has 21 heavy (non-hydrogen) atoms. The first kappa shape index (κ1) is 16.7. The first-order valence-corrected chi connectivity index (χ1v) is 9.23. The quantitative estimate of drug-likeness (QED) is 0.807. The molecule has 2 aliphatic heterocycles. The van der Waals surface area contributed by atoms with Crippen LogP contribution >= 0.6 is 0 Å². The van der Waals surface area contributed by atoms with Crippen molar-refractivity contribution in [2.24, 2.45) is 5.92 Å². The molecule has 0 aromatic carbocycles. The molecule has 2 saturated heterocycles. The molecule has 0 saturated carbocycles. The van der Waals surface area contributed by atoms with E-state index in [1.165, 1.54) is 0 Å². The highest BCUT2D eigenvalue weighted by molar-refractivity contribution is 7.89. The number of piperidine rings is 1. The van der Waals surface area contributed by atoms with Crippen molar-refractivity contribution in [2.75, 3.05) is 26.7 Å². The monoisotopic (exact) mass is 317 g/mol. The van der Waals surface area contributed by atoms with Gasteiger partial charge in [-0.1, -0.05) is 6.92 Å². The van der Waals surface area contributed by atoms with Crippen LogP contribution in [0.1, 0.15) is 33.6 Å². The van der Waals surface area contributed by atoms with E-state index in [1.54, 1.807) is 23.1 Å². The molecule has 7 heteroatoms. The van der Waals surface area contributed by atoms with Gasteiger partial charge in [0.2, 0.25) is 15.9 Å². The van der Waals surface area contributed by atoms with Gasteiger partial charge in [0.25, 0.3) is 0 Å². The van der Waals surface area contributed by atoms with Gasteiger partial charge in [0.15, 0.2) is 0 Å². The SMILES string of the molecule is CC1CN(S(=O)(=O)C(C)C)CCC1NC1CCN(C)C1=O. The number of likely N-dealkylation sites (tertiary alicyclic amines) is 1. The standard InChI is InChI=1S/C14H27N3O3S/c1-10(2)21(19,20)17-8-6-12(11(3)9-17)15-13-5-7-16(4)14(13)18/h10-13,15H,5-9H2,1-4H3. The Morgan fingerprint density at radius 1 is 1.24 bits per heavy atom. The zero-order valence-electron chi connectivity index (χ0n) is 13.4. The summed E-state index contributed by atoms with van der Waals surface area (Å²) in [4.78, 5) is 13.7. The molecule has 0 aliphatic carbocycles. The first-order valence-electron chi connectivity index (χ1n) is 7.73. The molecule has 0 bridgehead atoms. The minimum atomic E-state index is -3.17. The van der Waals surface area contributed by atoms with Crippen LogP contribution in [0.2, 0.25) is 0 Å². The average Bonchev–Trinajstić information content (AvgIpc) is 2.72. The fourth-order valence-corrected chi connectivity index (χ4v) is 4.52. The summed E-state index contributed by atoms with van der Waals surface area (Å²) in [5.41, 5.74) is 0. The molecular formula is C14H27N3O3S. The summed E-state index contributed by atoms with van der Waals surface area (Å²) >= 11 is 0. The lowest BCUT2D eigenvalue weighted by Gasteiger charge is -2.38. The number of nitrogens with one attached hydrogen (secondary N) is 1. The van der Waals surface area contributed by atoms with Crippen LogP contribution < -0.4 is 5.32 Å². The fraction of sp³-hybridized carbons (Fsp3) is 0.929. The predicted molar refractivity (Wildman–Crippen MR) is 82.4 cm³/mol. The van der Waals surface area contributed by atoms with Gasteiger partial charge >= 0.3 is 0 Å². The van der Waals surface area contributed by atoms with E-state index in [1.807, 2.05) is 7.05 Å². The second-order valence-corrected chi connectivity index (χ2v) is 9.08. The largest absolute Gasteiger partial charge is 0.344 e. The minimum absolute atomic E-state index is 0.101. The van der Waals surface area contributed by atoms with E-state index in [9.17, 15) is 13.2 Å². The van der Waals surface area contributed by atoms with Gasteiger partial charge in [0.05, 0.1) is 11.3 Å². The smallest absolute Gasteiger partial charge is 0.239 e. The molecule has 2 heterocycles. The maximum absolute atomic E-state index is 12.2. The Bertz CT molecular complexity index is 492. The molecule has 3 atom stereocenters. The third kappa shape index (κ3) is 3.40. The summed E-state index contributed by atoms with van der Waals surface area (Å²) < 4.78 is 26.0.